The summed E-state index contributed by atoms with van der Waals surface area (Å²) < 4.78 is 5.00. The maximum Gasteiger partial charge on any atom is 0.305 e. The van der Waals surface area contributed by atoms with Crippen LogP contribution >= 0.6 is 0 Å². The molecule has 0 aliphatic rings. The van der Waals surface area contributed by atoms with Crippen LogP contribution in [0.2, 0.25) is 0 Å². The van der Waals surface area contributed by atoms with Crippen LogP contribution in [0.15, 0.2) is 0 Å². The molecule has 2 nitrogen and oxygen atoms in total. The van der Waals surface area contributed by atoms with Crippen molar-refractivity contribution in [1.82, 2.24) is 0 Å². The Morgan fingerprint density at radius 1 is 1.45 bits per heavy atom. The van der Waals surface area contributed by atoms with E-state index in [-0.39, 0.29) is 5.97 Å². The molecule has 66 valence electrons. The predicted molar refractivity (Wildman–Crippen MR) is 45.3 cm³/mol. The van der Waals surface area contributed by atoms with Crippen molar-refractivity contribution in [3.8, 4) is 0 Å². The van der Waals surface area contributed by atoms with E-state index in [1.54, 1.807) is 0 Å². The Labute approximate surface area is 68.9 Å². The lowest BCUT2D eigenvalue weighted by molar-refractivity contribution is -0.144. The smallest absolute Gasteiger partial charge is 0.305 e. The Morgan fingerprint density at radius 3 is 2.55 bits per heavy atom. The maximum absolute atomic E-state index is 10.8. The summed E-state index contributed by atoms with van der Waals surface area (Å²) in [7, 11) is 0. The molecule has 0 N–H and O–H groups in total. The summed E-state index contributed by atoms with van der Waals surface area (Å²) in [5.41, 5.74) is 0. The molecule has 0 saturated carbocycles. The molecule has 0 bridgehead atoms. The SMILES string of the molecule is CCCC(=O)OCC(C)CC. The summed E-state index contributed by atoms with van der Waals surface area (Å²) in [4.78, 5) is 10.8. The standard InChI is InChI=1S/C9H18O2/c1-4-6-9(10)11-7-8(3)5-2/h8H,4-7H2,1-3H3. The number of carbonyl (C=O) groups excluding carboxylic acids is 1. The molecule has 0 amide bonds. The number of ether oxygens (including phenoxy) is 1. The van der Waals surface area contributed by atoms with Gasteiger partial charge in [-0.15, -0.1) is 0 Å². The zero-order valence-electron chi connectivity index (χ0n) is 7.72. The fraction of sp³-hybridized carbons (Fsp3) is 0.889. The van der Waals surface area contributed by atoms with E-state index < -0.39 is 0 Å². The molecule has 0 fully saturated rings. The van der Waals surface area contributed by atoms with Gasteiger partial charge in [0.25, 0.3) is 0 Å². The molecule has 0 heterocycles. The average Bonchev–Trinajstić information content (AvgIpc) is 2.01. The first-order valence-corrected chi connectivity index (χ1v) is 4.36. The Hall–Kier alpha value is -0.530. The van der Waals surface area contributed by atoms with Crippen LogP contribution in [0.1, 0.15) is 40.0 Å². The first kappa shape index (κ1) is 10.5. The van der Waals surface area contributed by atoms with E-state index in [9.17, 15) is 4.79 Å². The molecule has 0 aliphatic heterocycles. The van der Waals surface area contributed by atoms with Crippen LogP contribution in [0.5, 0.6) is 0 Å². The largest absolute Gasteiger partial charge is 0.465 e. The van der Waals surface area contributed by atoms with E-state index in [1.165, 1.54) is 0 Å². The van der Waals surface area contributed by atoms with E-state index in [2.05, 4.69) is 13.8 Å². The predicted octanol–water partition coefficient (Wildman–Crippen LogP) is 2.38. The number of hydrogen-bond acceptors (Lipinski definition) is 2. The van der Waals surface area contributed by atoms with Crippen LogP contribution < -0.4 is 0 Å². The van der Waals surface area contributed by atoms with Crippen molar-refractivity contribution in [2.45, 2.75) is 40.0 Å². The van der Waals surface area contributed by atoms with Crippen LogP contribution in [-0.2, 0) is 9.53 Å². The lowest BCUT2D eigenvalue weighted by Crippen LogP contribution is -2.10. The van der Waals surface area contributed by atoms with Gasteiger partial charge in [-0.25, -0.2) is 0 Å². The first-order valence-electron chi connectivity index (χ1n) is 4.36. The average molecular weight is 158 g/mol. The van der Waals surface area contributed by atoms with Crippen LogP contribution in [0.4, 0.5) is 0 Å². The van der Waals surface area contributed by atoms with Crippen LogP contribution in [-0.4, -0.2) is 12.6 Å². The molecule has 0 aliphatic carbocycles. The molecule has 0 aromatic rings. The van der Waals surface area contributed by atoms with E-state index in [0.29, 0.717) is 18.9 Å². The van der Waals surface area contributed by atoms with E-state index in [4.69, 9.17) is 4.74 Å². The third-order valence-corrected chi connectivity index (χ3v) is 1.68. The number of rotatable bonds is 5. The second-order valence-corrected chi connectivity index (χ2v) is 2.95. The second-order valence-electron chi connectivity index (χ2n) is 2.95. The minimum absolute atomic E-state index is 0.0622. The van der Waals surface area contributed by atoms with Crippen molar-refractivity contribution in [2.75, 3.05) is 6.61 Å². The minimum atomic E-state index is -0.0622. The summed E-state index contributed by atoms with van der Waals surface area (Å²) in [5.74, 6) is 0.434. The fourth-order valence-electron chi connectivity index (χ4n) is 0.629. The van der Waals surface area contributed by atoms with Gasteiger partial charge in [0.05, 0.1) is 6.61 Å². The van der Waals surface area contributed by atoms with Gasteiger partial charge in [-0.1, -0.05) is 27.2 Å². The Balaban J connectivity index is 3.30. The van der Waals surface area contributed by atoms with Gasteiger partial charge in [0.15, 0.2) is 0 Å². The van der Waals surface area contributed by atoms with Gasteiger partial charge >= 0.3 is 5.97 Å². The maximum atomic E-state index is 10.8. The molecule has 0 saturated heterocycles. The van der Waals surface area contributed by atoms with Crippen LogP contribution in [0.3, 0.4) is 0 Å². The number of carbonyl (C=O) groups is 1. The van der Waals surface area contributed by atoms with E-state index in [1.807, 2.05) is 6.92 Å². The molecular weight excluding hydrogens is 140 g/mol. The van der Waals surface area contributed by atoms with Gasteiger partial charge in [-0.2, -0.15) is 0 Å². The summed E-state index contributed by atoms with van der Waals surface area (Å²) >= 11 is 0. The molecule has 0 aromatic carbocycles. The summed E-state index contributed by atoms with van der Waals surface area (Å²) in [6.45, 7) is 6.73. The van der Waals surface area contributed by atoms with Crippen molar-refractivity contribution < 1.29 is 9.53 Å². The molecule has 1 unspecified atom stereocenters. The van der Waals surface area contributed by atoms with Gasteiger partial charge < -0.3 is 4.74 Å². The molecule has 0 spiro atoms. The molecule has 0 radical (unpaired) electrons. The summed E-state index contributed by atoms with van der Waals surface area (Å²) in [6.07, 6.45) is 2.50. The van der Waals surface area contributed by atoms with Crippen molar-refractivity contribution >= 4 is 5.97 Å². The van der Waals surface area contributed by atoms with Crippen molar-refractivity contribution in [1.29, 1.82) is 0 Å². The lowest BCUT2D eigenvalue weighted by Gasteiger charge is -2.08. The Morgan fingerprint density at radius 2 is 2.09 bits per heavy atom. The van der Waals surface area contributed by atoms with Gasteiger partial charge in [0.1, 0.15) is 0 Å². The summed E-state index contributed by atoms with van der Waals surface area (Å²) in [5, 5.41) is 0. The molecule has 11 heavy (non-hydrogen) atoms. The lowest BCUT2D eigenvalue weighted by atomic mass is 10.1. The minimum Gasteiger partial charge on any atom is -0.465 e. The topological polar surface area (TPSA) is 26.3 Å². The van der Waals surface area contributed by atoms with Crippen molar-refractivity contribution in [3.05, 3.63) is 0 Å². The Bertz CT molecular complexity index is 110. The normalized spacial score (nSPS) is 12.6. The third-order valence-electron chi connectivity index (χ3n) is 1.68. The number of hydrogen-bond donors (Lipinski definition) is 0. The van der Waals surface area contributed by atoms with E-state index in [0.717, 1.165) is 12.8 Å². The third kappa shape index (κ3) is 5.89. The van der Waals surface area contributed by atoms with Gasteiger partial charge in [-0.05, 0) is 12.3 Å². The monoisotopic (exact) mass is 158 g/mol. The molecule has 1 atom stereocenters. The van der Waals surface area contributed by atoms with Crippen LogP contribution in [0.25, 0.3) is 0 Å². The molecule has 0 rings (SSSR count). The highest BCUT2D eigenvalue weighted by atomic mass is 16.5. The quantitative estimate of drug-likeness (QED) is 0.574. The summed E-state index contributed by atoms with van der Waals surface area (Å²) in [6, 6.07) is 0. The zero-order valence-corrected chi connectivity index (χ0v) is 7.72. The molecule has 2 heteroatoms. The van der Waals surface area contributed by atoms with Crippen molar-refractivity contribution in [2.24, 2.45) is 5.92 Å². The first-order chi connectivity index (χ1) is 5.20. The molecular formula is C9H18O2. The highest BCUT2D eigenvalue weighted by molar-refractivity contribution is 5.69. The highest BCUT2D eigenvalue weighted by Crippen LogP contribution is 2.02. The van der Waals surface area contributed by atoms with Gasteiger partial charge in [0, 0.05) is 6.42 Å². The fourth-order valence-corrected chi connectivity index (χ4v) is 0.629. The van der Waals surface area contributed by atoms with Crippen LogP contribution in [0, 0.1) is 5.92 Å². The van der Waals surface area contributed by atoms with Crippen molar-refractivity contribution in [3.63, 3.8) is 0 Å². The zero-order chi connectivity index (χ0) is 8.69. The highest BCUT2D eigenvalue weighted by Gasteiger charge is 2.03. The second kappa shape index (κ2) is 6.20. The van der Waals surface area contributed by atoms with Gasteiger partial charge in [0.2, 0.25) is 0 Å². The van der Waals surface area contributed by atoms with Gasteiger partial charge in [-0.3, -0.25) is 4.79 Å². The van der Waals surface area contributed by atoms with E-state index >= 15 is 0 Å². The molecule has 0 aromatic heterocycles. The Kier molecular flexibility index (Phi) is 5.90. The number of esters is 1.